The minimum Gasteiger partial charge on any atom is -0.412 e. The molecule has 0 aliphatic carbocycles. The largest absolute Gasteiger partial charge is 0.412 e. The summed E-state index contributed by atoms with van der Waals surface area (Å²) in [4.78, 5) is 7.00. The number of benzene rings is 2. The van der Waals surface area contributed by atoms with Gasteiger partial charge in [-0.1, -0.05) is 41.4 Å². The first-order valence-electron chi connectivity index (χ1n) is 8.03. The van der Waals surface area contributed by atoms with Crippen LogP contribution in [-0.2, 0) is 0 Å². The predicted octanol–water partition coefficient (Wildman–Crippen LogP) is 3.69. The third-order valence-electron chi connectivity index (χ3n) is 4.41. The van der Waals surface area contributed by atoms with Gasteiger partial charge in [0.05, 0.1) is 17.9 Å². The fourth-order valence-electron chi connectivity index (χ4n) is 3.27. The first-order chi connectivity index (χ1) is 12.1. The Morgan fingerprint density at radius 3 is 2.65 bits per heavy atom. The Kier molecular flexibility index (Phi) is 5.48. The Balaban J connectivity index is 0.00000196. The number of halogens is 2. The first kappa shape index (κ1) is 19.0. The molecule has 0 amide bonds. The van der Waals surface area contributed by atoms with Crippen molar-refractivity contribution in [3.8, 4) is 0 Å². The number of thiol groups is 1. The summed E-state index contributed by atoms with van der Waals surface area (Å²) in [5, 5.41) is 8.52. The number of hydrogen-bond acceptors (Lipinski definition) is 4. The minimum atomic E-state index is -0.00240. The van der Waals surface area contributed by atoms with Gasteiger partial charge in [0.1, 0.15) is 6.17 Å². The normalized spacial score (nSPS) is 18.4. The van der Waals surface area contributed by atoms with Crippen molar-refractivity contribution in [3.05, 3.63) is 63.6 Å². The van der Waals surface area contributed by atoms with Crippen LogP contribution >= 0.6 is 35.8 Å². The molecule has 5 nitrogen and oxygen atoms in total. The van der Waals surface area contributed by atoms with Crippen LogP contribution in [0.1, 0.15) is 18.1 Å². The predicted molar refractivity (Wildman–Crippen MR) is 112 cm³/mol. The highest BCUT2D eigenvalue weighted by Crippen LogP contribution is 2.36. The van der Waals surface area contributed by atoms with Crippen LogP contribution in [0.25, 0.3) is 0 Å². The number of nitrogens with zero attached hydrogens (tertiary/aromatic N) is 4. The minimum absolute atomic E-state index is 0. The van der Waals surface area contributed by atoms with Crippen molar-refractivity contribution in [1.29, 1.82) is 0 Å². The van der Waals surface area contributed by atoms with Crippen molar-refractivity contribution in [2.75, 3.05) is 18.0 Å². The zero-order valence-corrected chi connectivity index (χ0v) is 16.4. The van der Waals surface area contributed by atoms with Gasteiger partial charge in [0.2, 0.25) is 0 Å². The zero-order valence-electron chi connectivity index (χ0n) is 14.0. The summed E-state index contributed by atoms with van der Waals surface area (Å²) in [6.07, 6.45) is -0.00240. The Labute approximate surface area is 167 Å². The molecule has 0 saturated heterocycles. The molecule has 0 bridgehead atoms. The van der Waals surface area contributed by atoms with Gasteiger partial charge in [-0.3, -0.25) is 14.9 Å². The van der Waals surface area contributed by atoms with Crippen LogP contribution in [-0.4, -0.2) is 40.6 Å². The molecule has 0 radical (unpaired) electrons. The summed E-state index contributed by atoms with van der Waals surface area (Å²) in [7, 11) is 0. The van der Waals surface area contributed by atoms with E-state index >= 15 is 0 Å². The molecule has 2 aromatic rings. The number of likely N-dealkylation sites (N-methyl/N-ethyl adjacent to an activating group) is 1. The molecule has 2 aromatic carbocycles. The maximum absolute atomic E-state index is 6.45. The average Bonchev–Trinajstić information content (AvgIpc) is 2.82. The Bertz CT molecular complexity index is 903. The maximum Gasteiger partial charge on any atom is 0.186 e. The fourth-order valence-corrected chi connectivity index (χ4v) is 4.02. The molecule has 0 aromatic heterocycles. The maximum atomic E-state index is 6.45. The summed E-state index contributed by atoms with van der Waals surface area (Å²) in [5.41, 5.74) is 3.65. The molecule has 0 fully saturated rings. The van der Waals surface area contributed by atoms with Crippen molar-refractivity contribution >= 4 is 52.4 Å². The summed E-state index contributed by atoms with van der Waals surface area (Å²) in [6, 6.07) is 13.5. The lowest BCUT2D eigenvalue weighted by Crippen LogP contribution is -2.43. The van der Waals surface area contributed by atoms with Crippen molar-refractivity contribution in [1.82, 2.24) is 5.01 Å². The topological polar surface area (TPSA) is 62.7 Å². The lowest BCUT2D eigenvalue weighted by molar-refractivity contribution is 0.250. The SMILES string of the molecule is CCN1N=C(S)N2c3ccc(Cl)cc3C(c3ccccc3Cl)=NCC12.O. The molecule has 2 heterocycles. The van der Waals surface area contributed by atoms with E-state index in [2.05, 4.69) is 29.6 Å². The van der Waals surface area contributed by atoms with Crippen molar-refractivity contribution in [2.45, 2.75) is 13.1 Å². The Morgan fingerprint density at radius 1 is 1.15 bits per heavy atom. The second kappa shape index (κ2) is 7.48. The van der Waals surface area contributed by atoms with E-state index < -0.39 is 0 Å². The van der Waals surface area contributed by atoms with E-state index in [1.165, 1.54) is 0 Å². The zero-order chi connectivity index (χ0) is 17.6. The molecule has 136 valence electrons. The molecule has 2 aliphatic heterocycles. The van der Waals surface area contributed by atoms with Crippen LogP contribution in [0.2, 0.25) is 10.0 Å². The van der Waals surface area contributed by atoms with Gasteiger partial charge >= 0.3 is 0 Å². The van der Waals surface area contributed by atoms with Gasteiger partial charge in [0, 0.05) is 27.7 Å². The van der Waals surface area contributed by atoms with Crippen LogP contribution in [0.5, 0.6) is 0 Å². The first-order valence-corrected chi connectivity index (χ1v) is 9.23. The van der Waals surface area contributed by atoms with E-state index in [9.17, 15) is 0 Å². The summed E-state index contributed by atoms with van der Waals surface area (Å²) < 4.78 is 0. The van der Waals surface area contributed by atoms with Crippen LogP contribution < -0.4 is 4.90 Å². The van der Waals surface area contributed by atoms with Crippen molar-refractivity contribution in [3.63, 3.8) is 0 Å². The third kappa shape index (κ3) is 3.07. The lowest BCUT2D eigenvalue weighted by Gasteiger charge is -2.29. The lowest BCUT2D eigenvalue weighted by atomic mass is 10.00. The van der Waals surface area contributed by atoms with Crippen LogP contribution in [0.4, 0.5) is 5.69 Å². The highest BCUT2D eigenvalue weighted by Gasteiger charge is 2.36. The number of amidine groups is 1. The number of aliphatic imine (C=N–C) groups is 1. The van der Waals surface area contributed by atoms with Crippen molar-refractivity contribution < 1.29 is 5.48 Å². The average molecular weight is 409 g/mol. The van der Waals surface area contributed by atoms with Gasteiger partial charge in [-0.05, 0) is 31.2 Å². The van der Waals surface area contributed by atoms with Gasteiger partial charge in [0.15, 0.2) is 5.17 Å². The standard InChI is InChI=1S/C18H16Cl2N4S.H2O/c1-2-23-16-10-21-17(12-5-3-4-6-14(12)20)13-9-11(19)7-8-15(13)24(16)18(25)22-23;/h3-9,16H,2,10H2,1H3,(H,22,25);1H2. The summed E-state index contributed by atoms with van der Waals surface area (Å²) in [5.74, 6) is 0. The van der Waals surface area contributed by atoms with Gasteiger partial charge in [-0.25, -0.2) is 0 Å². The molecule has 8 heteroatoms. The molecule has 1 unspecified atom stereocenters. The molecule has 0 spiro atoms. The second-order valence-electron chi connectivity index (χ2n) is 5.84. The van der Waals surface area contributed by atoms with E-state index in [0.29, 0.717) is 21.8 Å². The molecule has 4 rings (SSSR count). The summed E-state index contributed by atoms with van der Waals surface area (Å²) >= 11 is 17.3. The quantitative estimate of drug-likeness (QED) is 0.769. The van der Waals surface area contributed by atoms with E-state index in [1.54, 1.807) is 0 Å². The number of fused-ring (bicyclic) bond motifs is 3. The molecule has 1 atom stereocenters. The van der Waals surface area contributed by atoms with Gasteiger partial charge in [0.25, 0.3) is 0 Å². The number of anilines is 1. The Morgan fingerprint density at radius 2 is 1.92 bits per heavy atom. The highest BCUT2D eigenvalue weighted by molar-refractivity contribution is 7.97. The van der Waals surface area contributed by atoms with E-state index in [4.69, 9.17) is 28.2 Å². The smallest absolute Gasteiger partial charge is 0.186 e. The molecule has 26 heavy (non-hydrogen) atoms. The van der Waals surface area contributed by atoms with Crippen LogP contribution in [0.3, 0.4) is 0 Å². The van der Waals surface area contributed by atoms with Crippen molar-refractivity contribution in [2.24, 2.45) is 10.1 Å². The third-order valence-corrected chi connectivity index (χ3v) is 5.28. The van der Waals surface area contributed by atoms with E-state index in [1.807, 2.05) is 47.5 Å². The number of hydrazone groups is 1. The van der Waals surface area contributed by atoms with E-state index in [0.717, 1.165) is 29.1 Å². The van der Waals surface area contributed by atoms with E-state index in [-0.39, 0.29) is 11.6 Å². The molecule has 0 saturated carbocycles. The molecule has 2 N–H and O–H groups in total. The number of hydrogen-bond donors (Lipinski definition) is 1. The van der Waals surface area contributed by atoms with Gasteiger partial charge in [-0.2, -0.15) is 5.10 Å². The number of rotatable bonds is 2. The molecule has 2 aliphatic rings. The second-order valence-corrected chi connectivity index (χ2v) is 7.08. The van der Waals surface area contributed by atoms with Crippen LogP contribution in [0.15, 0.2) is 52.6 Å². The molecular weight excluding hydrogens is 391 g/mol. The molecular formula is C18H18Cl2N4OS. The fraction of sp³-hybridized carbons (Fsp3) is 0.222. The Hall–Kier alpha value is -1.73. The highest BCUT2D eigenvalue weighted by atomic mass is 35.5. The van der Waals surface area contributed by atoms with Gasteiger partial charge in [-0.15, -0.1) is 12.6 Å². The van der Waals surface area contributed by atoms with Gasteiger partial charge < -0.3 is 5.48 Å². The monoisotopic (exact) mass is 408 g/mol. The summed E-state index contributed by atoms with van der Waals surface area (Å²) in [6.45, 7) is 3.42. The van der Waals surface area contributed by atoms with Crippen LogP contribution in [0, 0.1) is 0 Å².